The number of carbonyl (C=O) groups is 4. The van der Waals surface area contributed by atoms with Crippen molar-refractivity contribution < 1.29 is 37.5 Å². The van der Waals surface area contributed by atoms with E-state index in [0.29, 0.717) is 74.2 Å². The molecular weight excluding hydrogens is 1220 g/mol. The summed E-state index contributed by atoms with van der Waals surface area (Å²) in [5.74, 6) is 0.521. The van der Waals surface area contributed by atoms with Gasteiger partial charge in [-0.15, -0.1) is 20.4 Å². The van der Waals surface area contributed by atoms with Crippen molar-refractivity contribution in [2.45, 2.75) is 196 Å². The van der Waals surface area contributed by atoms with Crippen molar-refractivity contribution in [1.82, 2.24) is 69.7 Å². The highest BCUT2D eigenvalue weighted by Crippen LogP contribution is 2.38. The molecule has 93 heavy (non-hydrogen) atoms. The summed E-state index contributed by atoms with van der Waals surface area (Å²) >= 11 is 9.54. The number of Topliss-reactive ketones (excluding diaryl/α,β-unsaturated/α-hetero) is 2. The van der Waals surface area contributed by atoms with Crippen LogP contribution in [-0.2, 0) is 33.4 Å². The van der Waals surface area contributed by atoms with Crippen LogP contribution >= 0.6 is 24.2 Å². The summed E-state index contributed by atoms with van der Waals surface area (Å²) < 4.78 is 26.5. The van der Waals surface area contributed by atoms with E-state index >= 15 is 0 Å². The molecule has 2 atom stereocenters. The molecule has 0 radical (unpaired) electrons. The maximum Gasteiger partial charge on any atom is 0.410 e. The van der Waals surface area contributed by atoms with Gasteiger partial charge in [-0.05, 0) is 158 Å². The lowest BCUT2D eigenvalue weighted by Crippen LogP contribution is -2.36. The van der Waals surface area contributed by atoms with Crippen LogP contribution in [0.15, 0.2) is 94.5 Å². The van der Waals surface area contributed by atoms with Crippen LogP contribution in [0.25, 0.3) is 22.5 Å². The first-order valence-corrected chi connectivity index (χ1v) is 32.3. The zero-order chi connectivity index (χ0) is 68.3. The standard InChI is InChI=1S/C33H42N8O4.C27H32ClN5O4.C6H11N3.CH4S/c1-20(2)41-19-24(17-35-41)36-30-34-13-11-26(37-30)22-9-10-25-21(16-27(42)28-38-39-29(44-28)32(3,4)5)12-14-40(18-23(25)15-22)31(43)45-33(6,7)8;1-26(2,3)23-32-31-22(36-23)21(34)14-16-10-12-33(25(35)37-27(4,5)6)15-18-13-17(7-8-19(16)18)20-9-11-29-24(28)30-20;1-5(2)9-4-6(7)3-8-9;1-2/h9-11,13,15,17,19-21H,12,14,16,18H2,1-8H3,(H,34,36,37);7-9,11,13,16H,10,12,14-15H2,1-6H3;3-5H,7H2,1-2H3;2H,1H3/t21-;16-;;/m00../s1. The smallest absolute Gasteiger partial charge is 0.410 e. The third-order valence-electron chi connectivity index (χ3n) is 14.6. The van der Waals surface area contributed by atoms with Crippen molar-refractivity contribution in [3.63, 3.8) is 0 Å². The number of nitrogens with two attached hydrogens (primary N) is 1. The first kappa shape index (κ1) is 71.9. The fourth-order valence-corrected chi connectivity index (χ4v) is 10.1. The Kier molecular flexibility index (Phi) is 23.5. The molecule has 2 aromatic carbocycles. The molecule has 0 fully saturated rings. The number of nitrogens with one attached hydrogen (secondary N) is 1. The molecular formula is C67H89ClN16O8S. The van der Waals surface area contributed by atoms with E-state index in [1.807, 2.05) is 147 Å². The van der Waals surface area contributed by atoms with Crippen molar-refractivity contribution in [2.24, 2.45) is 0 Å². The van der Waals surface area contributed by atoms with Gasteiger partial charge in [0, 0.05) is 97.8 Å². The van der Waals surface area contributed by atoms with Gasteiger partial charge in [-0.25, -0.2) is 29.5 Å². The number of thiol groups is 1. The van der Waals surface area contributed by atoms with Gasteiger partial charge < -0.3 is 39.2 Å². The number of carbonyl (C=O) groups excluding carboxylic acids is 4. The molecule has 3 N–H and O–H groups in total. The van der Waals surface area contributed by atoms with Gasteiger partial charge >= 0.3 is 12.2 Å². The number of benzene rings is 2. The molecule has 26 heteroatoms. The lowest BCUT2D eigenvalue weighted by molar-refractivity contribution is 0.0224. The van der Waals surface area contributed by atoms with Crippen LogP contribution in [0, 0.1) is 0 Å². The minimum Gasteiger partial charge on any atom is -0.444 e. The number of hydrogen-bond acceptors (Lipinski definition) is 21. The van der Waals surface area contributed by atoms with Crippen LogP contribution in [-0.4, -0.2) is 124 Å². The highest BCUT2D eigenvalue weighted by molar-refractivity contribution is 7.79. The summed E-state index contributed by atoms with van der Waals surface area (Å²) in [6.45, 7) is 32.6. The van der Waals surface area contributed by atoms with E-state index in [2.05, 4.69) is 91.2 Å². The van der Waals surface area contributed by atoms with Crippen molar-refractivity contribution in [1.29, 1.82) is 0 Å². The van der Waals surface area contributed by atoms with Crippen LogP contribution in [0.2, 0.25) is 5.28 Å². The molecule has 2 aliphatic heterocycles. The van der Waals surface area contributed by atoms with Gasteiger partial charge in [0.15, 0.2) is 0 Å². The van der Waals surface area contributed by atoms with Gasteiger partial charge in [-0.2, -0.15) is 22.8 Å². The first-order valence-electron chi connectivity index (χ1n) is 31.0. The summed E-state index contributed by atoms with van der Waals surface area (Å²) in [5.41, 5.74) is 11.9. The van der Waals surface area contributed by atoms with Crippen molar-refractivity contribution >= 4 is 65.3 Å². The monoisotopic (exact) mass is 1310 g/mol. The number of hydrogen-bond donors (Lipinski definition) is 3. The van der Waals surface area contributed by atoms with Crippen LogP contribution < -0.4 is 11.1 Å². The van der Waals surface area contributed by atoms with Gasteiger partial charge in [0.05, 0.1) is 35.2 Å². The van der Waals surface area contributed by atoms with Crippen molar-refractivity contribution in [2.75, 3.05) is 30.4 Å². The Balaban J connectivity index is 0.000000229. The maximum absolute atomic E-state index is 13.4. The molecule has 0 spiro atoms. The summed E-state index contributed by atoms with van der Waals surface area (Å²) in [6, 6.07) is 16.2. The molecule has 8 aromatic rings. The van der Waals surface area contributed by atoms with Gasteiger partial charge in [0.2, 0.25) is 34.6 Å². The molecule has 2 amide bonds. The summed E-state index contributed by atoms with van der Waals surface area (Å²) in [5, 5.41) is 27.9. The van der Waals surface area contributed by atoms with Crippen LogP contribution in [0.4, 0.5) is 26.9 Å². The number of nitrogens with zero attached hydrogens (tertiary/aromatic N) is 14. The highest BCUT2D eigenvalue weighted by Gasteiger charge is 2.34. The summed E-state index contributed by atoms with van der Waals surface area (Å²) in [7, 11) is 0. The second-order valence-corrected chi connectivity index (χ2v) is 27.8. The third-order valence-corrected chi connectivity index (χ3v) is 14.8. The first-order chi connectivity index (χ1) is 43.7. The van der Waals surface area contributed by atoms with E-state index in [1.54, 1.807) is 46.9 Å². The quantitative estimate of drug-likeness (QED) is 0.0581. The largest absolute Gasteiger partial charge is 0.444 e. The van der Waals surface area contributed by atoms with Gasteiger partial charge in [0.1, 0.15) is 11.2 Å². The molecule has 8 heterocycles. The maximum atomic E-state index is 13.4. The van der Waals surface area contributed by atoms with Crippen molar-refractivity contribution in [3.8, 4) is 22.5 Å². The number of aromatic nitrogens is 12. The van der Waals surface area contributed by atoms with E-state index < -0.39 is 23.4 Å². The molecule has 0 saturated carbocycles. The number of anilines is 3. The normalized spacial score (nSPS) is 15.0. The Bertz CT molecular complexity index is 3850. The minimum absolute atomic E-state index is 0.00583. The Morgan fingerprint density at radius 3 is 1.45 bits per heavy atom. The van der Waals surface area contributed by atoms with Gasteiger partial charge in [-0.1, -0.05) is 65.8 Å². The van der Waals surface area contributed by atoms with Crippen LogP contribution in [0.5, 0.6) is 0 Å². The number of rotatable bonds is 12. The molecule has 0 bridgehead atoms. The highest BCUT2D eigenvalue weighted by atomic mass is 35.5. The number of fused-ring (bicyclic) bond motifs is 2. The number of nitrogen functional groups attached to an aromatic ring is 1. The average molecular weight is 1310 g/mol. The van der Waals surface area contributed by atoms with Crippen molar-refractivity contribution in [3.05, 3.63) is 137 Å². The summed E-state index contributed by atoms with van der Waals surface area (Å²) in [6.07, 6.45) is 12.8. The fraction of sp³-hybridized carbons (Fsp3) is 0.493. The zero-order valence-electron chi connectivity index (χ0n) is 56.5. The molecule has 0 unspecified atom stereocenters. The molecule has 0 saturated heterocycles. The Labute approximate surface area is 555 Å². The molecule has 24 nitrogen and oxygen atoms in total. The topological polar surface area (TPSA) is 296 Å². The number of ketones is 2. The lowest BCUT2D eigenvalue weighted by Gasteiger charge is -2.26. The third kappa shape index (κ3) is 20.2. The molecule has 498 valence electrons. The van der Waals surface area contributed by atoms with E-state index in [0.717, 1.165) is 44.8 Å². The number of ether oxygens (including phenoxy) is 2. The molecule has 10 rings (SSSR count). The lowest BCUT2D eigenvalue weighted by atomic mass is 9.87. The minimum atomic E-state index is -0.637. The number of amides is 2. The molecule has 2 aliphatic rings. The SMILES string of the molecule is CC(C)(C)OC(=O)N1CC[C@@H](CC(=O)c2nnc(C(C)(C)C)o2)c2ccc(-c3ccnc(Cl)n3)cc2C1.CC(C)n1cc(N)cn1.CC(C)n1cc(Nc2nccc(-c3ccc4c(c3)CN(C(=O)OC(C)(C)C)CC[C@H]4CC(=O)c3nnc(C(C)(C)C)o3)n2)cn1.CS. The Morgan fingerprint density at radius 1 is 0.624 bits per heavy atom. The molecule has 6 aromatic heterocycles. The Hall–Kier alpha value is -8.58. The van der Waals surface area contributed by atoms with E-state index in [9.17, 15) is 19.2 Å². The Morgan fingerprint density at radius 2 is 1.06 bits per heavy atom. The van der Waals surface area contributed by atoms with Crippen LogP contribution in [0.3, 0.4) is 0 Å². The van der Waals surface area contributed by atoms with E-state index in [1.165, 1.54) is 0 Å². The second kappa shape index (κ2) is 30.4. The van der Waals surface area contributed by atoms with E-state index in [4.69, 9.17) is 40.6 Å². The average Bonchev–Trinajstić information content (AvgIpc) is 1.79. The number of halogens is 1. The van der Waals surface area contributed by atoms with E-state index in [-0.39, 0.29) is 70.2 Å². The predicted molar refractivity (Wildman–Crippen MR) is 360 cm³/mol. The predicted octanol–water partition coefficient (Wildman–Crippen LogP) is 14.4. The zero-order valence-corrected chi connectivity index (χ0v) is 58.1. The van der Waals surface area contributed by atoms with Gasteiger partial charge in [-0.3, -0.25) is 19.0 Å². The second-order valence-electron chi connectivity index (χ2n) is 27.4. The fourth-order valence-electron chi connectivity index (χ4n) is 9.92. The van der Waals surface area contributed by atoms with Gasteiger partial charge in [0.25, 0.3) is 11.8 Å². The molecule has 0 aliphatic carbocycles. The van der Waals surface area contributed by atoms with Crippen LogP contribution in [0.1, 0.15) is 216 Å². The summed E-state index contributed by atoms with van der Waals surface area (Å²) in [4.78, 5) is 73.5.